The summed E-state index contributed by atoms with van der Waals surface area (Å²) in [4.78, 5) is 10.7. The summed E-state index contributed by atoms with van der Waals surface area (Å²) in [5.74, 6) is 0.753. The number of rotatable bonds is 5. The molecule has 0 unspecified atom stereocenters. The maximum atomic E-state index is 10.7. The first kappa shape index (κ1) is 11.1. The minimum absolute atomic E-state index is 0.224. The van der Waals surface area contributed by atoms with E-state index in [0.29, 0.717) is 6.61 Å². The summed E-state index contributed by atoms with van der Waals surface area (Å²) in [6.45, 7) is 2.70. The molecule has 1 rings (SSSR count). The molecule has 0 aliphatic rings. The highest BCUT2D eigenvalue weighted by Gasteiger charge is 2.05. The zero-order chi connectivity index (χ0) is 10.4. The molecule has 3 heteroatoms. The van der Waals surface area contributed by atoms with Crippen molar-refractivity contribution in [3.63, 3.8) is 0 Å². The molecule has 0 amide bonds. The number of carbonyl (C=O) groups is 1. The summed E-state index contributed by atoms with van der Waals surface area (Å²) in [7, 11) is 0. The van der Waals surface area contributed by atoms with Gasteiger partial charge in [0.2, 0.25) is 5.24 Å². The van der Waals surface area contributed by atoms with Crippen LogP contribution in [0.5, 0.6) is 5.75 Å². The lowest BCUT2D eigenvalue weighted by Gasteiger charge is -2.08. The topological polar surface area (TPSA) is 26.3 Å². The predicted octanol–water partition coefficient (Wildman–Crippen LogP) is 2.78. The molecule has 0 heterocycles. The molecule has 0 atom stereocenters. The molecule has 0 aliphatic heterocycles. The average Bonchev–Trinajstić information content (AvgIpc) is 2.16. The lowest BCUT2D eigenvalue weighted by atomic mass is 10.1. The molecule has 0 aromatic heterocycles. The van der Waals surface area contributed by atoms with Gasteiger partial charge in [-0.1, -0.05) is 25.1 Å². The average molecular weight is 213 g/mol. The predicted molar refractivity (Wildman–Crippen MR) is 56.8 cm³/mol. The van der Waals surface area contributed by atoms with Crippen LogP contribution in [-0.4, -0.2) is 11.8 Å². The second-order valence-corrected chi connectivity index (χ2v) is 3.41. The van der Waals surface area contributed by atoms with Crippen molar-refractivity contribution in [1.82, 2.24) is 0 Å². The summed E-state index contributed by atoms with van der Waals surface area (Å²) in [5.41, 5.74) is 0.848. The van der Waals surface area contributed by atoms with Crippen molar-refractivity contribution in [2.75, 3.05) is 6.61 Å². The molecule has 76 valence electrons. The van der Waals surface area contributed by atoms with E-state index in [1.807, 2.05) is 31.2 Å². The fourth-order valence-corrected chi connectivity index (χ4v) is 1.30. The van der Waals surface area contributed by atoms with Crippen LogP contribution in [0.15, 0.2) is 24.3 Å². The van der Waals surface area contributed by atoms with Gasteiger partial charge in [-0.05, 0) is 24.1 Å². The molecule has 1 aromatic carbocycles. The second-order valence-electron chi connectivity index (χ2n) is 2.99. The van der Waals surface area contributed by atoms with E-state index in [1.54, 1.807) is 0 Å². The summed E-state index contributed by atoms with van der Waals surface area (Å²) >= 11 is 5.32. The Hall–Kier alpha value is -1.02. The summed E-state index contributed by atoms with van der Waals surface area (Å²) in [6, 6.07) is 7.46. The van der Waals surface area contributed by atoms with Crippen LogP contribution in [0.25, 0.3) is 0 Å². The molecule has 2 nitrogen and oxygen atoms in total. The van der Waals surface area contributed by atoms with Gasteiger partial charge < -0.3 is 4.74 Å². The molecule has 14 heavy (non-hydrogen) atoms. The first-order chi connectivity index (χ1) is 6.74. The van der Waals surface area contributed by atoms with Crippen molar-refractivity contribution in [3.05, 3.63) is 29.8 Å². The van der Waals surface area contributed by atoms with Crippen molar-refractivity contribution >= 4 is 16.8 Å². The van der Waals surface area contributed by atoms with Gasteiger partial charge in [0.25, 0.3) is 0 Å². The van der Waals surface area contributed by atoms with Crippen molar-refractivity contribution < 1.29 is 9.53 Å². The first-order valence-electron chi connectivity index (χ1n) is 4.63. The summed E-state index contributed by atoms with van der Waals surface area (Å²) in [6.07, 6.45) is 1.17. The molecule has 0 aliphatic carbocycles. The minimum Gasteiger partial charge on any atom is -0.493 e. The Kier molecular flexibility index (Phi) is 4.47. The van der Waals surface area contributed by atoms with Crippen molar-refractivity contribution in [1.29, 1.82) is 0 Å². The zero-order valence-electron chi connectivity index (χ0n) is 8.13. The molecular formula is C11H13ClO2. The van der Waals surface area contributed by atoms with E-state index in [0.717, 1.165) is 17.7 Å². The third-order valence-corrected chi connectivity index (χ3v) is 1.90. The van der Waals surface area contributed by atoms with Gasteiger partial charge in [0.05, 0.1) is 13.0 Å². The van der Waals surface area contributed by atoms with Gasteiger partial charge in [0, 0.05) is 5.56 Å². The van der Waals surface area contributed by atoms with Gasteiger partial charge in [-0.15, -0.1) is 0 Å². The quantitative estimate of drug-likeness (QED) is 0.702. The van der Waals surface area contributed by atoms with Crippen LogP contribution in [0.4, 0.5) is 0 Å². The van der Waals surface area contributed by atoms with Crippen molar-refractivity contribution in [2.45, 2.75) is 19.8 Å². The summed E-state index contributed by atoms with van der Waals surface area (Å²) in [5, 5.41) is -0.363. The molecular weight excluding hydrogens is 200 g/mol. The Bertz CT molecular complexity index is 310. The Balaban J connectivity index is 2.74. The fourth-order valence-electron chi connectivity index (χ4n) is 1.15. The van der Waals surface area contributed by atoms with Gasteiger partial charge in [-0.25, -0.2) is 0 Å². The van der Waals surface area contributed by atoms with E-state index in [9.17, 15) is 4.79 Å². The van der Waals surface area contributed by atoms with E-state index in [4.69, 9.17) is 16.3 Å². The number of carbonyl (C=O) groups excluding carboxylic acids is 1. The minimum atomic E-state index is -0.363. The monoisotopic (exact) mass is 212 g/mol. The molecule has 0 N–H and O–H groups in total. The van der Waals surface area contributed by atoms with E-state index < -0.39 is 0 Å². The molecule has 0 saturated heterocycles. The van der Waals surface area contributed by atoms with Gasteiger partial charge in [0.1, 0.15) is 5.75 Å². The number of benzene rings is 1. The smallest absolute Gasteiger partial charge is 0.226 e. The normalized spacial score (nSPS) is 9.86. The number of halogens is 1. The van der Waals surface area contributed by atoms with Crippen LogP contribution in [0.2, 0.25) is 0 Å². The third kappa shape index (κ3) is 3.38. The van der Waals surface area contributed by atoms with Crippen LogP contribution in [0, 0.1) is 0 Å². The molecule has 0 radical (unpaired) electrons. The molecule has 0 saturated carbocycles. The summed E-state index contributed by atoms with van der Waals surface area (Å²) < 4.78 is 5.48. The van der Waals surface area contributed by atoms with E-state index in [-0.39, 0.29) is 11.7 Å². The van der Waals surface area contributed by atoms with Gasteiger partial charge >= 0.3 is 0 Å². The van der Waals surface area contributed by atoms with E-state index in [2.05, 4.69) is 0 Å². The SMILES string of the molecule is CCCOc1ccccc1CC(=O)Cl. The Morgan fingerprint density at radius 1 is 1.43 bits per heavy atom. The Morgan fingerprint density at radius 2 is 2.14 bits per heavy atom. The first-order valence-corrected chi connectivity index (χ1v) is 5.01. The Morgan fingerprint density at radius 3 is 2.79 bits per heavy atom. The highest BCUT2D eigenvalue weighted by Crippen LogP contribution is 2.19. The molecule has 0 fully saturated rings. The highest BCUT2D eigenvalue weighted by molar-refractivity contribution is 6.63. The number of ether oxygens (including phenoxy) is 1. The van der Waals surface area contributed by atoms with Crippen molar-refractivity contribution in [3.8, 4) is 5.75 Å². The van der Waals surface area contributed by atoms with Gasteiger partial charge in [0.15, 0.2) is 0 Å². The Labute approximate surface area is 88.8 Å². The standard InChI is InChI=1S/C11H13ClO2/c1-2-7-14-10-6-4-3-5-9(10)8-11(12)13/h3-6H,2,7-8H2,1H3. The zero-order valence-corrected chi connectivity index (χ0v) is 8.88. The maximum Gasteiger partial charge on any atom is 0.226 e. The van der Waals surface area contributed by atoms with Crippen LogP contribution < -0.4 is 4.74 Å². The molecule has 1 aromatic rings. The number of hydrogen-bond donors (Lipinski definition) is 0. The number of para-hydroxylation sites is 1. The highest BCUT2D eigenvalue weighted by atomic mass is 35.5. The van der Waals surface area contributed by atoms with E-state index in [1.165, 1.54) is 0 Å². The van der Waals surface area contributed by atoms with E-state index >= 15 is 0 Å². The van der Waals surface area contributed by atoms with Crippen LogP contribution in [-0.2, 0) is 11.2 Å². The maximum absolute atomic E-state index is 10.7. The second kappa shape index (κ2) is 5.66. The van der Waals surface area contributed by atoms with Crippen LogP contribution in [0.1, 0.15) is 18.9 Å². The largest absolute Gasteiger partial charge is 0.493 e. The van der Waals surface area contributed by atoms with Gasteiger partial charge in [-0.3, -0.25) is 4.79 Å². The lowest BCUT2D eigenvalue weighted by molar-refractivity contribution is -0.111. The molecule has 0 spiro atoms. The van der Waals surface area contributed by atoms with Crippen molar-refractivity contribution in [2.24, 2.45) is 0 Å². The van der Waals surface area contributed by atoms with Crippen LogP contribution >= 0.6 is 11.6 Å². The van der Waals surface area contributed by atoms with Gasteiger partial charge in [-0.2, -0.15) is 0 Å². The lowest BCUT2D eigenvalue weighted by Crippen LogP contribution is -2.01. The number of hydrogen-bond acceptors (Lipinski definition) is 2. The fraction of sp³-hybridized carbons (Fsp3) is 0.364. The third-order valence-electron chi connectivity index (χ3n) is 1.76. The van der Waals surface area contributed by atoms with Crippen LogP contribution in [0.3, 0.4) is 0 Å². The molecule has 0 bridgehead atoms.